The van der Waals surface area contributed by atoms with Gasteiger partial charge in [-0.25, -0.2) is 9.78 Å². The van der Waals surface area contributed by atoms with E-state index in [1.165, 1.54) is 12.0 Å². The van der Waals surface area contributed by atoms with Crippen molar-refractivity contribution in [2.75, 3.05) is 14.2 Å². The van der Waals surface area contributed by atoms with Crippen LogP contribution in [0.2, 0.25) is 0 Å². The molecule has 1 aliphatic heterocycles. The summed E-state index contributed by atoms with van der Waals surface area (Å²) in [6.45, 7) is 0.202. The highest BCUT2D eigenvalue weighted by molar-refractivity contribution is 6.14. The summed E-state index contributed by atoms with van der Waals surface area (Å²) < 4.78 is 10.6. The third-order valence-electron chi connectivity index (χ3n) is 4.65. The zero-order valence-corrected chi connectivity index (χ0v) is 16.0. The molecule has 3 aromatic rings. The van der Waals surface area contributed by atoms with E-state index in [2.05, 4.69) is 10.3 Å². The summed E-state index contributed by atoms with van der Waals surface area (Å²) in [5.74, 6) is 0.660. The van der Waals surface area contributed by atoms with E-state index in [0.717, 1.165) is 16.5 Å². The lowest BCUT2D eigenvalue weighted by molar-refractivity contribution is -0.123. The van der Waals surface area contributed by atoms with Crippen LogP contribution in [0.15, 0.2) is 60.3 Å². The van der Waals surface area contributed by atoms with Crippen LogP contribution < -0.4 is 14.8 Å². The molecule has 1 N–H and O–H groups in total. The third kappa shape index (κ3) is 3.62. The number of pyridine rings is 1. The Labute approximate surface area is 167 Å². The highest BCUT2D eigenvalue weighted by Gasteiger charge is 2.33. The molecule has 0 unspecified atom stereocenters. The lowest BCUT2D eigenvalue weighted by atomic mass is 10.1. The number of methoxy groups -OCH3 is 2. The normalized spacial score (nSPS) is 15.1. The molecule has 0 spiro atoms. The first-order valence-corrected chi connectivity index (χ1v) is 9.00. The number of nitrogens with one attached hydrogen (secondary N) is 1. The summed E-state index contributed by atoms with van der Waals surface area (Å²) in [7, 11) is 3.10. The quantitative estimate of drug-likeness (QED) is 0.535. The number of hydrogen-bond donors (Lipinski definition) is 1. The minimum atomic E-state index is -0.459. The van der Waals surface area contributed by atoms with Gasteiger partial charge in [0.15, 0.2) is 0 Å². The molecule has 2 heterocycles. The molecule has 146 valence electrons. The van der Waals surface area contributed by atoms with Gasteiger partial charge in [0.25, 0.3) is 5.91 Å². The van der Waals surface area contributed by atoms with E-state index in [0.29, 0.717) is 17.2 Å². The number of rotatable bonds is 5. The van der Waals surface area contributed by atoms with E-state index in [9.17, 15) is 9.59 Å². The largest absolute Gasteiger partial charge is 0.497 e. The van der Waals surface area contributed by atoms with Crippen LogP contribution in [0.1, 0.15) is 11.1 Å². The Morgan fingerprint density at radius 1 is 1.03 bits per heavy atom. The Bertz CT molecular complexity index is 1130. The molecule has 0 bridgehead atoms. The molecule has 7 nitrogen and oxygen atoms in total. The van der Waals surface area contributed by atoms with E-state index in [4.69, 9.17) is 9.47 Å². The summed E-state index contributed by atoms with van der Waals surface area (Å²) in [5, 5.41) is 3.46. The third-order valence-corrected chi connectivity index (χ3v) is 4.65. The number of aromatic nitrogens is 1. The van der Waals surface area contributed by atoms with Crippen LogP contribution in [0.5, 0.6) is 11.6 Å². The number of urea groups is 1. The Balaban J connectivity index is 1.68. The van der Waals surface area contributed by atoms with Gasteiger partial charge < -0.3 is 14.8 Å². The number of nitrogens with zero attached hydrogens (tertiary/aromatic N) is 2. The van der Waals surface area contributed by atoms with Crippen LogP contribution in [0, 0.1) is 0 Å². The Morgan fingerprint density at radius 2 is 1.83 bits per heavy atom. The maximum atomic E-state index is 12.8. The minimum absolute atomic E-state index is 0.174. The molecule has 0 radical (unpaired) electrons. The van der Waals surface area contributed by atoms with Gasteiger partial charge in [-0.2, -0.15) is 0 Å². The fourth-order valence-corrected chi connectivity index (χ4v) is 3.18. The summed E-state index contributed by atoms with van der Waals surface area (Å²) in [4.78, 5) is 30.8. The second kappa shape index (κ2) is 7.63. The van der Waals surface area contributed by atoms with Crippen LogP contribution in [-0.2, 0) is 11.3 Å². The molecule has 1 aromatic heterocycles. The number of ether oxygens (including phenoxy) is 2. The van der Waals surface area contributed by atoms with Crippen molar-refractivity contribution < 1.29 is 19.1 Å². The number of carbonyl (C=O) groups excluding carboxylic acids is 2. The average molecular weight is 389 g/mol. The van der Waals surface area contributed by atoms with Gasteiger partial charge in [-0.05, 0) is 35.9 Å². The number of fused-ring (bicyclic) bond motifs is 1. The van der Waals surface area contributed by atoms with Crippen molar-refractivity contribution >= 4 is 28.9 Å². The van der Waals surface area contributed by atoms with Gasteiger partial charge in [0.1, 0.15) is 11.4 Å². The van der Waals surface area contributed by atoms with Crippen LogP contribution in [-0.4, -0.2) is 36.0 Å². The van der Waals surface area contributed by atoms with Gasteiger partial charge in [0.2, 0.25) is 5.88 Å². The predicted octanol–water partition coefficient (Wildman–Crippen LogP) is 3.34. The van der Waals surface area contributed by atoms with Crippen molar-refractivity contribution in [3.63, 3.8) is 0 Å². The maximum Gasteiger partial charge on any atom is 0.329 e. The second-order valence-corrected chi connectivity index (χ2v) is 6.51. The molecule has 1 saturated heterocycles. The molecule has 4 rings (SSSR count). The second-order valence-electron chi connectivity index (χ2n) is 6.51. The topological polar surface area (TPSA) is 80.8 Å². The van der Waals surface area contributed by atoms with Crippen LogP contribution in [0.25, 0.3) is 17.0 Å². The van der Waals surface area contributed by atoms with Crippen LogP contribution in [0.4, 0.5) is 4.79 Å². The Hall–Kier alpha value is -3.87. The molecule has 0 atom stereocenters. The van der Waals surface area contributed by atoms with Crippen molar-refractivity contribution in [1.29, 1.82) is 0 Å². The molecule has 0 aliphatic carbocycles. The van der Waals surface area contributed by atoms with Gasteiger partial charge >= 0.3 is 6.03 Å². The standard InChI is InChI=1S/C22H19N3O4/c1-28-17-8-9-18-15(11-17)10-16(20(23-18)29-2)12-19-21(26)25(22(27)24-19)13-14-6-4-3-5-7-14/h3-12H,13H2,1-2H3,(H,24,27)/b19-12-. The highest BCUT2D eigenvalue weighted by atomic mass is 16.5. The van der Waals surface area contributed by atoms with Gasteiger partial charge in [-0.1, -0.05) is 30.3 Å². The van der Waals surface area contributed by atoms with E-state index >= 15 is 0 Å². The lowest BCUT2D eigenvalue weighted by Crippen LogP contribution is -2.30. The molecule has 29 heavy (non-hydrogen) atoms. The van der Waals surface area contributed by atoms with Gasteiger partial charge in [-0.3, -0.25) is 9.69 Å². The molecular weight excluding hydrogens is 370 g/mol. The molecule has 7 heteroatoms. The zero-order valence-electron chi connectivity index (χ0n) is 16.0. The average Bonchev–Trinajstić information content (AvgIpc) is 3.01. The first-order valence-electron chi connectivity index (χ1n) is 9.00. The van der Waals surface area contributed by atoms with E-state index in [1.54, 1.807) is 13.2 Å². The van der Waals surface area contributed by atoms with Gasteiger partial charge in [0, 0.05) is 10.9 Å². The first kappa shape index (κ1) is 18.5. The molecule has 3 amide bonds. The van der Waals surface area contributed by atoms with E-state index in [1.807, 2.05) is 54.6 Å². The number of carbonyl (C=O) groups is 2. The number of amides is 3. The molecular formula is C22H19N3O4. The zero-order chi connectivity index (χ0) is 20.4. The van der Waals surface area contributed by atoms with Crippen molar-refractivity contribution in [3.05, 3.63) is 71.4 Å². The lowest BCUT2D eigenvalue weighted by Gasteiger charge is -2.11. The monoisotopic (exact) mass is 389 g/mol. The van der Waals surface area contributed by atoms with Crippen LogP contribution in [0.3, 0.4) is 0 Å². The van der Waals surface area contributed by atoms with Crippen molar-refractivity contribution in [2.24, 2.45) is 0 Å². The smallest absolute Gasteiger partial charge is 0.329 e. The fraction of sp³-hybridized carbons (Fsp3) is 0.136. The summed E-state index contributed by atoms with van der Waals surface area (Å²) in [5.41, 5.74) is 2.36. The SMILES string of the molecule is COc1ccc2nc(OC)c(/C=C3\NC(=O)N(Cc4ccccc4)C3=O)cc2c1. The number of benzene rings is 2. The predicted molar refractivity (Wildman–Crippen MR) is 108 cm³/mol. The van der Waals surface area contributed by atoms with Crippen molar-refractivity contribution in [3.8, 4) is 11.6 Å². The molecule has 2 aromatic carbocycles. The highest BCUT2D eigenvalue weighted by Crippen LogP contribution is 2.28. The molecule has 0 saturated carbocycles. The summed E-state index contributed by atoms with van der Waals surface area (Å²) >= 11 is 0. The van der Waals surface area contributed by atoms with Gasteiger partial charge in [-0.15, -0.1) is 0 Å². The van der Waals surface area contributed by atoms with Crippen molar-refractivity contribution in [1.82, 2.24) is 15.2 Å². The van der Waals surface area contributed by atoms with Crippen LogP contribution >= 0.6 is 0 Å². The van der Waals surface area contributed by atoms with Crippen molar-refractivity contribution in [2.45, 2.75) is 6.54 Å². The number of hydrogen-bond acceptors (Lipinski definition) is 5. The number of imide groups is 1. The summed E-state index contributed by atoms with van der Waals surface area (Å²) in [6.07, 6.45) is 1.58. The Kier molecular flexibility index (Phi) is 4.87. The Morgan fingerprint density at radius 3 is 2.55 bits per heavy atom. The van der Waals surface area contributed by atoms with E-state index in [-0.39, 0.29) is 12.2 Å². The minimum Gasteiger partial charge on any atom is -0.497 e. The molecule has 1 aliphatic rings. The van der Waals surface area contributed by atoms with E-state index < -0.39 is 11.9 Å². The fourth-order valence-electron chi connectivity index (χ4n) is 3.18. The first-order chi connectivity index (χ1) is 14.1. The molecule has 1 fully saturated rings. The van der Waals surface area contributed by atoms with Gasteiger partial charge in [0.05, 0.1) is 26.3 Å². The maximum absolute atomic E-state index is 12.8. The summed E-state index contributed by atoms with van der Waals surface area (Å²) in [6, 6.07) is 16.2.